The van der Waals surface area contributed by atoms with Crippen molar-refractivity contribution in [3.8, 4) is 0 Å². The maximum absolute atomic E-state index is 12.8. The molecule has 1 unspecified atom stereocenters. The average molecular weight is 246 g/mol. The first-order valence-corrected chi connectivity index (χ1v) is 6.94. The quantitative estimate of drug-likeness (QED) is 0.615. The van der Waals surface area contributed by atoms with Crippen LogP contribution in [0.15, 0.2) is 11.1 Å². The molecule has 0 aromatic heterocycles. The Labute approximate surface area is 109 Å². The van der Waals surface area contributed by atoms with E-state index >= 15 is 0 Å². The Morgan fingerprint density at radius 2 is 1.61 bits per heavy atom. The van der Waals surface area contributed by atoms with Crippen LogP contribution in [-0.2, 0) is 9.59 Å². The van der Waals surface area contributed by atoms with E-state index in [4.69, 9.17) is 0 Å². The Morgan fingerprint density at radius 1 is 1.00 bits per heavy atom. The zero-order chi connectivity index (χ0) is 13.5. The van der Waals surface area contributed by atoms with Crippen LogP contribution in [0.2, 0.25) is 0 Å². The number of hydrogen-bond acceptors (Lipinski definition) is 2. The van der Waals surface area contributed by atoms with Gasteiger partial charge in [0.15, 0.2) is 0 Å². The summed E-state index contributed by atoms with van der Waals surface area (Å²) in [5.41, 5.74) is 2.12. The standard InChI is InChI=1S/C16H22O2/c1-8-6-10-13(17)11-12(15(11,3)4)14(18)16(10,5)7-9(8)2/h10-12H,6-7H2,1-5H3/t10?,11-,12+,16+/m0/s1. The fourth-order valence-corrected chi connectivity index (χ4v) is 4.43. The monoisotopic (exact) mass is 246 g/mol. The molecular weight excluding hydrogens is 224 g/mol. The fraction of sp³-hybridized carbons (Fsp3) is 0.750. The number of rotatable bonds is 0. The molecule has 4 atom stereocenters. The first-order chi connectivity index (χ1) is 8.21. The largest absolute Gasteiger partial charge is 0.299 e. The molecule has 2 heteroatoms. The van der Waals surface area contributed by atoms with Crippen LogP contribution in [0.25, 0.3) is 0 Å². The number of allylic oxidation sites excluding steroid dienone is 2. The predicted molar refractivity (Wildman–Crippen MR) is 70.0 cm³/mol. The number of carbonyl (C=O) groups is 2. The molecule has 3 aliphatic carbocycles. The van der Waals surface area contributed by atoms with Crippen LogP contribution < -0.4 is 0 Å². The maximum Gasteiger partial charge on any atom is 0.144 e. The van der Waals surface area contributed by atoms with E-state index in [1.807, 2.05) is 6.92 Å². The summed E-state index contributed by atoms with van der Waals surface area (Å²) in [6, 6.07) is 0. The van der Waals surface area contributed by atoms with Crippen LogP contribution in [-0.4, -0.2) is 11.6 Å². The zero-order valence-corrected chi connectivity index (χ0v) is 12.0. The third-order valence-electron chi connectivity index (χ3n) is 5.96. The van der Waals surface area contributed by atoms with Crippen molar-refractivity contribution < 1.29 is 9.59 Å². The van der Waals surface area contributed by atoms with Crippen molar-refractivity contribution in [1.29, 1.82) is 0 Å². The molecule has 0 aromatic rings. The van der Waals surface area contributed by atoms with Crippen LogP contribution in [0, 0.1) is 28.6 Å². The van der Waals surface area contributed by atoms with Gasteiger partial charge in [0.25, 0.3) is 0 Å². The molecule has 0 heterocycles. The molecule has 2 fully saturated rings. The van der Waals surface area contributed by atoms with Gasteiger partial charge in [-0.15, -0.1) is 0 Å². The van der Waals surface area contributed by atoms with E-state index in [2.05, 4.69) is 27.7 Å². The Kier molecular flexibility index (Phi) is 2.12. The zero-order valence-electron chi connectivity index (χ0n) is 12.0. The highest BCUT2D eigenvalue weighted by molar-refractivity contribution is 6.07. The Hall–Kier alpha value is -0.920. The summed E-state index contributed by atoms with van der Waals surface area (Å²) in [5, 5.41) is 0. The lowest BCUT2D eigenvalue weighted by Gasteiger charge is -2.43. The first kappa shape index (κ1) is 12.1. The molecule has 0 aliphatic heterocycles. The molecule has 0 amide bonds. The van der Waals surface area contributed by atoms with Crippen LogP contribution in [0.3, 0.4) is 0 Å². The van der Waals surface area contributed by atoms with Crippen LogP contribution in [0.5, 0.6) is 0 Å². The third-order valence-corrected chi connectivity index (χ3v) is 5.96. The summed E-state index contributed by atoms with van der Waals surface area (Å²) in [7, 11) is 0. The van der Waals surface area contributed by atoms with Crippen molar-refractivity contribution in [1.82, 2.24) is 0 Å². The predicted octanol–water partition coefficient (Wildman–Crippen LogP) is 3.16. The van der Waals surface area contributed by atoms with Gasteiger partial charge in [0.05, 0.1) is 0 Å². The van der Waals surface area contributed by atoms with Crippen molar-refractivity contribution in [2.24, 2.45) is 28.6 Å². The van der Waals surface area contributed by atoms with E-state index in [1.54, 1.807) is 0 Å². The van der Waals surface area contributed by atoms with Gasteiger partial charge >= 0.3 is 0 Å². The van der Waals surface area contributed by atoms with Crippen molar-refractivity contribution in [2.75, 3.05) is 0 Å². The molecule has 0 N–H and O–H groups in total. The highest BCUT2D eigenvalue weighted by Gasteiger charge is 2.73. The lowest BCUT2D eigenvalue weighted by molar-refractivity contribution is -0.146. The second kappa shape index (κ2) is 3.15. The second-order valence-corrected chi connectivity index (χ2v) is 7.45. The maximum atomic E-state index is 12.8. The van der Waals surface area contributed by atoms with E-state index in [0.29, 0.717) is 11.6 Å². The molecule has 18 heavy (non-hydrogen) atoms. The highest BCUT2D eigenvalue weighted by Crippen LogP contribution is 2.68. The number of hydrogen-bond donors (Lipinski definition) is 0. The lowest BCUT2D eigenvalue weighted by atomic mass is 9.58. The van der Waals surface area contributed by atoms with Crippen LogP contribution in [0.1, 0.15) is 47.5 Å². The second-order valence-electron chi connectivity index (χ2n) is 7.45. The van der Waals surface area contributed by atoms with Gasteiger partial charge in [-0.25, -0.2) is 0 Å². The molecule has 0 aromatic carbocycles. The molecule has 0 bridgehead atoms. The SMILES string of the molecule is CC1=C(C)C[C@@]2(C)C(=O)[C@H]3[C@@H](C(=O)C2C1)C3(C)C. The summed E-state index contributed by atoms with van der Waals surface area (Å²) in [6.07, 6.45) is 1.58. The van der Waals surface area contributed by atoms with Crippen molar-refractivity contribution in [2.45, 2.75) is 47.5 Å². The molecule has 2 nitrogen and oxygen atoms in total. The highest BCUT2D eigenvalue weighted by atomic mass is 16.1. The first-order valence-electron chi connectivity index (χ1n) is 6.94. The Balaban J connectivity index is 2.07. The van der Waals surface area contributed by atoms with E-state index in [9.17, 15) is 9.59 Å². The van der Waals surface area contributed by atoms with Gasteiger partial charge in [-0.05, 0) is 32.1 Å². The molecule has 3 aliphatic rings. The van der Waals surface area contributed by atoms with Gasteiger partial charge in [0, 0.05) is 23.2 Å². The van der Waals surface area contributed by atoms with Gasteiger partial charge in [-0.3, -0.25) is 9.59 Å². The van der Waals surface area contributed by atoms with Crippen LogP contribution >= 0.6 is 0 Å². The molecule has 0 saturated heterocycles. The van der Waals surface area contributed by atoms with E-state index in [-0.39, 0.29) is 23.2 Å². The van der Waals surface area contributed by atoms with Crippen molar-refractivity contribution >= 4 is 11.6 Å². The summed E-state index contributed by atoms with van der Waals surface area (Å²) in [5.74, 6) is 0.663. The van der Waals surface area contributed by atoms with E-state index in [0.717, 1.165) is 12.8 Å². The topological polar surface area (TPSA) is 34.1 Å². The molecule has 0 spiro atoms. The minimum Gasteiger partial charge on any atom is -0.299 e. The summed E-state index contributed by atoms with van der Waals surface area (Å²) in [4.78, 5) is 25.4. The van der Waals surface area contributed by atoms with Crippen molar-refractivity contribution in [3.63, 3.8) is 0 Å². The third kappa shape index (κ3) is 1.19. The summed E-state index contributed by atoms with van der Waals surface area (Å²) in [6.45, 7) is 10.4. The number of carbonyl (C=O) groups excluding carboxylic acids is 2. The summed E-state index contributed by atoms with van der Waals surface area (Å²) < 4.78 is 0. The number of Topliss-reactive ketones (excluding diaryl/α,β-unsaturated/α-hetero) is 2. The Bertz CT molecular complexity index is 497. The van der Waals surface area contributed by atoms with Gasteiger partial charge in [-0.2, -0.15) is 0 Å². The molecular formula is C16H22O2. The van der Waals surface area contributed by atoms with Crippen LogP contribution in [0.4, 0.5) is 0 Å². The number of fused-ring (bicyclic) bond motifs is 2. The van der Waals surface area contributed by atoms with Gasteiger partial charge in [0.2, 0.25) is 0 Å². The lowest BCUT2D eigenvalue weighted by Crippen LogP contribution is -2.48. The molecule has 98 valence electrons. The molecule has 2 saturated carbocycles. The number of ketones is 2. The van der Waals surface area contributed by atoms with Crippen molar-refractivity contribution in [3.05, 3.63) is 11.1 Å². The summed E-state index contributed by atoms with van der Waals surface area (Å²) >= 11 is 0. The minimum absolute atomic E-state index is 0.00236. The fourth-order valence-electron chi connectivity index (χ4n) is 4.43. The molecule has 3 rings (SSSR count). The van der Waals surface area contributed by atoms with Gasteiger partial charge in [0.1, 0.15) is 11.6 Å². The molecule has 0 radical (unpaired) electrons. The normalized spacial score (nSPS) is 45.7. The van der Waals surface area contributed by atoms with Gasteiger partial charge < -0.3 is 0 Å². The smallest absolute Gasteiger partial charge is 0.144 e. The Morgan fingerprint density at radius 3 is 2.22 bits per heavy atom. The minimum atomic E-state index is -0.421. The van der Waals surface area contributed by atoms with Gasteiger partial charge in [-0.1, -0.05) is 31.9 Å². The average Bonchev–Trinajstić information content (AvgIpc) is 2.83. The van der Waals surface area contributed by atoms with E-state index < -0.39 is 5.41 Å². The van der Waals surface area contributed by atoms with E-state index in [1.165, 1.54) is 11.1 Å².